The fourth-order valence-electron chi connectivity index (χ4n) is 1.03. The third-order valence-corrected chi connectivity index (χ3v) is 1.96. The highest BCUT2D eigenvalue weighted by atomic mass is 35.5. The summed E-state index contributed by atoms with van der Waals surface area (Å²) in [5, 5.41) is 9.23. The van der Waals surface area contributed by atoms with Crippen molar-refractivity contribution < 1.29 is 5.11 Å². The molecule has 0 heterocycles. The Morgan fingerprint density at radius 3 is 2.69 bits per heavy atom. The van der Waals surface area contributed by atoms with E-state index in [1.807, 2.05) is 6.08 Å². The van der Waals surface area contributed by atoms with E-state index in [2.05, 4.69) is 13.0 Å². The van der Waals surface area contributed by atoms with E-state index in [-0.39, 0.29) is 0 Å². The van der Waals surface area contributed by atoms with Crippen LogP contribution in [0.5, 0.6) is 0 Å². The van der Waals surface area contributed by atoms with Gasteiger partial charge in [0.05, 0.1) is 6.10 Å². The normalized spacial score (nSPS) is 14.4. The Morgan fingerprint density at radius 1 is 1.31 bits per heavy atom. The van der Waals surface area contributed by atoms with E-state index < -0.39 is 6.10 Å². The molecule has 0 aromatic rings. The molecular weight excluding hydrogens is 184 g/mol. The van der Waals surface area contributed by atoms with Crippen LogP contribution < -0.4 is 0 Å². The van der Waals surface area contributed by atoms with E-state index in [4.69, 9.17) is 11.6 Å². The summed E-state index contributed by atoms with van der Waals surface area (Å²) in [5.41, 5.74) is 1.36. The van der Waals surface area contributed by atoms with Crippen molar-refractivity contribution in [2.75, 3.05) is 0 Å². The van der Waals surface area contributed by atoms with E-state index in [9.17, 15) is 5.11 Å². The Morgan fingerprint density at radius 2 is 2.08 bits per heavy atom. The molecule has 2 heteroatoms. The summed E-state index contributed by atoms with van der Waals surface area (Å²) in [6.07, 6.45) is 10.9. The topological polar surface area (TPSA) is 20.2 Å². The van der Waals surface area contributed by atoms with Crippen molar-refractivity contribution in [3.8, 4) is 0 Å². The summed E-state index contributed by atoms with van der Waals surface area (Å²) < 4.78 is 0. The van der Waals surface area contributed by atoms with Gasteiger partial charge in [-0.15, -0.1) is 0 Å². The standard InChI is InChI=1S/C11H19ClO/c1-2-3-4-5-6-7-8-11(13)9-10-12/h6-7,9-11,13H,2-5,8H2,1H3/b7-6?,10-9-/t11-/m1/s1. The maximum Gasteiger partial charge on any atom is 0.0766 e. The van der Waals surface area contributed by atoms with Gasteiger partial charge in [-0.05, 0) is 25.3 Å². The van der Waals surface area contributed by atoms with Crippen molar-refractivity contribution in [3.63, 3.8) is 0 Å². The van der Waals surface area contributed by atoms with Crippen LogP contribution in [0.15, 0.2) is 23.8 Å². The maximum atomic E-state index is 9.23. The van der Waals surface area contributed by atoms with Crippen LogP contribution in [-0.4, -0.2) is 11.2 Å². The Hall–Kier alpha value is -0.270. The van der Waals surface area contributed by atoms with E-state index >= 15 is 0 Å². The fraction of sp³-hybridized carbons (Fsp3) is 0.636. The van der Waals surface area contributed by atoms with Gasteiger partial charge < -0.3 is 5.11 Å². The van der Waals surface area contributed by atoms with Gasteiger partial charge in [0.2, 0.25) is 0 Å². The lowest BCUT2D eigenvalue weighted by Gasteiger charge is -1.98. The molecule has 0 aliphatic heterocycles. The third kappa shape index (κ3) is 9.65. The molecule has 1 atom stereocenters. The number of hydrogen-bond acceptors (Lipinski definition) is 1. The highest BCUT2D eigenvalue weighted by Crippen LogP contribution is 2.02. The summed E-state index contributed by atoms with van der Waals surface area (Å²) in [6, 6.07) is 0. The number of aliphatic hydroxyl groups excluding tert-OH is 1. The second-order valence-electron chi connectivity index (χ2n) is 3.09. The quantitative estimate of drug-likeness (QED) is 0.494. The Bertz CT molecular complexity index is 152. The third-order valence-electron chi connectivity index (χ3n) is 1.81. The predicted octanol–water partition coefficient (Wildman–Crippen LogP) is 3.63. The maximum absolute atomic E-state index is 9.23. The van der Waals surface area contributed by atoms with Gasteiger partial charge in [0.15, 0.2) is 0 Å². The summed E-state index contributed by atoms with van der Waals surface area (Å²) in [6.45, 7) is 2.19. The molecule has 0 unspecified atom stereocenters. The van der Waals surface area contributed by atoms with Crippen molar-refractivity contribution >= 4 is 11.6 Å². The van der Waals surface area contributed by atoms with Gasteiger partial charge in [0, 0.05) is 5.54 Å². The number of unbranched alkanes of at least 4 members (excludes halogenated alkanes) is 3. The summed E-state index contributed by atoms with van der Waals surface area (Å²) >= 11 is 5.31. The number of hydrogen-bond donors (Lipinski definition) is 1. The van der Waals surface area contributed by atoms with Gasteiger partial charge in [-0.2, -0.15) is 0 Å². The van der Waals surface area contributed by atoms with Crippen molar-refractivity contribution in [1.29, 1.82) is 0 Å². The summed E-state index contributed by atoms with van der Waals surface area (Å²) in [7, 11) is 0. The summed E-state index contributed by atoms with van der Waals surface area (Å²) in [5.74, 6) is 0. The average Bonchev–Trinajstić information content (AvgIpc) is 2.11. The number of aliphatic hydroxyl groups is 1. The van der Waals surface area contributed by atoms with Crippen LogP contribution in [0.4, 0.5) is 0 Å². The first-order chi connectivity index (χ1) is 6.31. The average molecular weight is 203 g/mol. The second-order valence-corrected chi connectivity index (χ2v) is 3.34. The van der Waals surface area contributed by atoms with Crippen LogP contribution in [-0.2, 0) is 0 Å². The van der Waals surface area contributed by atoms with Gasteiger partial charge in [0.25, 0.3) is 0 Å². The molecule has 0 amide bonds. The molecule has 0 saturated carbocycles. The van der Waals surface area contributed by atoms with Crippen LogP contribution in [0.1, 0.15) is 39.0 Å². The van der Waals surface area contributed by atoms with Crippen LogP contribution in [0.2, 0.25) is 0 Å². The zero-order valence-electron chi connectivity index (χ0n) is 8.25. The van der Waals surface area contributed by atoms with Crippen LogP contribution >= 0.6 is 11.6 Å². The Kier molecular flexibility index (Phi) is 9.61. The number of rotatable bonds is 7. The van der Waals surface area contributed by atoms with Crippen molar-refractivity contribution in [2.45, 2.75) is 45.1 Å². The second kappa shape index (κ2) is 9.82. The van der Waals surface area contributed by atoms with Crippen LogP contribution in [0, 0.1) is 0 Å². The number of allylic oxidation sites excluding steroid dienone is 1. The fourth-order valence-corrected chi connectivity index (χ4v) is 1.20. The van der Waals surface area contributed by atoms with E-state index in [1.54, 1.807) is 6.08 Å². The molecule has 13 heavy (non-hydrogen) atoms. The Labute approximate surface area is 86.1 Å². The molecule has 1 nitrogen and oxygen atoms in total. The molecule has 0 saturated heterocycles. The van der Waals surface area contributed by atoms with E-state index in [0.29, 0.717) is 6.42 Å². The highest BCUT2D eigenvalue weighted by Gasteiger charge is 1.92. The molecule has 0 aliphatic rings. The van der Waals surface area contributed by atoms with E-state index in [0.717, 1.165) is 6.42 Å². The molecule has 0 aromatic heterocycles. The molecule has 0 rings (SSSR count). The lowest BCUT2D eigenvalue weighted by molar-refractivity contribution is 0.227. The first-order valence-electron chi connectivity index (χ1n) is 4.91. The molecule has 0 spiro atoms. The SMILES string of the molecule is CCCCCC=CC[C@@H](O)/C=C\Cl. The van der Waals surface area contributed by atoms with Gasteiger partial charge in [-0.1, -0.05) is 43.5 Å². The Balaban J connectivity index is 3.30. The van der Waals surface area contributed by atoms with Gasteiger partial charge in [0.1, 0.15) is 0 Å². The predicted molar refractivity (Wildman–Crippen MR) is 58.9 cm³/mol. The zero-order chi connectivity index (χ0) is 9.94. The van der Waals surface area contributed by atoms with Gasteiger partial charge in [-0.25, -0.2) is 0 Å². The molecule has 76 valence electrons. The van der Waals surface area contributed by atoms with Crippen molar-refractivity contribution in [2.24, 2.45) is 0 Å². The zero-order valence-corrected chi connectivity index (χ0v) is 9.00. The molecule has 0 radical (unpaired) electrons. The smallest absolute Gasteiger partial charge is 0.0766 e. The molecule has 0 bridgehead atoms. The molecule has 1 N–H and O–H groups in total. The van der Waals surface area contributed by atoms with E-state index in [1.165, 1.54) is 24.8 Å². The van der Waals surface area contributed by atoms with Crippen molar-refractivity contribution in [3.05, 3.63) is 23.8 Å². The lowest BCUT2D eigenvalue weighted by Crippen LogP contribution is -1.98. The minimum Gasteiger partial charge on any atom is -0.389 e. The summed E-state index contributed by atoms with van der Waals surface area (Å²) in [4.78, 5) is 0. The molecule has 0 aromatic carbocycles. The first kappa shape index (κ1) is 12.7. The van der Waals surface area contributed by atoms with Gasteiger partial charge >= 0.3 is 0 Å². The largest absolute Gasteiger partial charge is 0.389 e. The highest BCUT2D eigenvalue weighted by molar-refractivity contribution is 6.25. The number of halogens is 1. The van der Waals surface area contributed by atoms with Crippen LogP contribution in [0.3, 0.4) is 0 Å². The van der Waals surface area contributed by atoms with Gasteiger partial charge in [-0.3, -0.25) is 0 Å². The monoisotopic (exact) mass is 202 g/mol. The lowest BCUT2D eigenvalue weighted by atomic mass is 10.1. The van der Waals surface area contributed by atoms with Crippen molar-refractivity contribution in [1.82, 2.24) is 0 Å². The minimum absolute atomic E-state index is 0.431. The minimum atomic E-state index is -0.431. The van der Waals surface area contributed by atoms with Crippen LogP contribution in [0.25, 0.3) is 0 Å². The first-order valence-corrected chi connectivity index (χ1v) is 5.34. The molecule has 0 aliphatic carbocycles. The molecular formula is C11H19ClO. The molecule has 0 fully saturated rings.